The van der Waals surface area contributed by atoms with Gasteiger partial charge in [-0.2, -0.15) is 10.1 Å². The molecule has 2 aromatic rings. The van der Waals surface area contributed by atoms with E-state index in [0.29, 0.717) is 12.0 Å². The van der Waals surface area contributed by atoms with Crippen LogP contribution in [0.1, 0.15) is 49.4 Å². The Labute approximate surface area is 153 Å². The first-order valence-electron chi connectivity index (χ1n) is 9.48. The summed E-state index contributed by atoms with van der Waals surface area (Å²) in [6.07, 6.45) is 8.80. The number of nitrogens with zero attached hydrogens (tertiary/aromatic N) is 5. The highest BCUT2D eigenvalue weighted by Crippen LogP contribution is 2.29. The van der Waals surface area contributed by atoms with Crippen molar-refractivity contribution in [3.8, 4) is 0 Å². The minimum atomic E-state index is 0.0593. The van der Waals surface area contributed by atoms with E-state index in [-0.39, 0.29) is 11.6 Å². The number of hydrogen-bond acceptors (Lipinski definition) is 6. The van der Waals surface area contributed by atoms with E-state index in [1.165, 1.54) is 0 Å². The van der Waals surface area contributed by atoms with Gasteiger partial charge in [0.25, 0.3) is 5.56 Å². The van der Waals surface area contributed by atoms with Crippen molar-refractivity contribution in [1.29, 1.82) is 0 Å². The highest BCUT2D eigenvalue weighted by atomic mass is 16.1. The Morgan fingerprint density at radius 2 is 2.00 bits per heavy atom. The number of fused-ring (bicyclic) bond motifs is 1. The van der Waals surface area contributed by atoms with Crippen molar-refractivity contribution < 1.29 is 0 Å². The molecule has 2 aliphatic carbocycles. The highest BCUT2D eigenvalue weighted by Gasteiger charge is 2.25. The normalized spacial score (nSPS) is 22.1. The molecule has 2 heterocycles. The van der Waals surface area contributed by atoms with Crippen LogP contribution in [-0.2, 0) is 12.8 Å². The zero-order valence-corrected chi connectivity index (χ0v) is 15.5. The topological polar surface area (TPSA) is 75.9 Å². The van der Waals surface area contributed by atoms with Crippen molar-refractivity contribution in [3.63, 3.8) is 0 Å². The van der Waals surface area contributed by atoms with Gasteiger partial charge in [0, 0.05) is 32.4 Å². The standard InChI is InChI=1S/C19H26N6O/c1-24(2)17-10-11-20-19(22-17)21-14-6-8-15(9-7-14)25-18(26)12-13-4-3-5-16(13)23-25/h10-12,14-15H,3-9H2,1-2H3,(H,20,21,22). The van der Waals surface area contributed by atoms with E-state index < -0.39 is 0 Å². The molecule has 2 aliphatic rings. The van der Waals surface area contributed by atoms with Crippen molar-refractivity contribution >= 4 is 11.8 Å². The van der Waals surface area contributed by atoms with Gasteiger partial charge in [-0.05, 0) is 56.6 Å². The molecule has 0 amide bonds. The summed E-state index contributed by atoms with van der Waals surface area (Å²) in [5.74, 6) is 1.57. The van der Waals surface area contributed by atoms with Gasteiger partial charge in [0.2, 0.25) is 5.95 Å². The van der Waals surface area contributed by atoms with Crippen molar-refractivity contribution in [2.45, 2.75) is 57.0 Å². The lowest BCUT2D eigenvalue weighted by Crippen LogP contribution is -2.34. The average molecular weight is 354 g/mol. The first-order valence-corrected chi connectivity index (χ1v) is 9.48. The number of nitrogens with one attached hydrogen (secondary N) is 1. The maximum atomic E-state index is 12.4. The summed E-state index contributed by atoms with van der Waals surface area (Å²) in [5.41, 5.74) is 2.34. The molecule has 0 radical (unpaired) electrons. The van der Waals surface area contributed by atoms with Crippen LogP contribution in [-0.4, -0.2) is 39.9 Å². The maximum absolute atomic E-state index is 12.4. The molecule has 4 rings (SSSR count). The predicted octanol–water partition coefficient (Wildman–Crippen LogP) is 2.18. The third kappa shape index (κ3) is 3.43. The van der Waals surface area contributed by atoms with Gasteiger partial charge >= 0.3 is 0 Å². The summed E-state index contributed by atoms with van der Waals surface area (Å²) in [7, 11) is 3.94. The number of hydrogen-bond donors (Lipinski definition) is 1. The Balaban J connectivity index is 1.40. The molecule has 0 aliphatic heterocycles. The minimum Gasteiger partial charge on any atom is -0.363 e. The third-order valence-corrected chi connectivity index (χ3v) is 5.46. The van der Waals surface area contributed by atoms with Gasteiger partial charge in [0.15, 0.2) is 0 Å². The summed E-state index contributed by atoms with van der Waals surface area (Å²) in [6.45, 7) is 0. The fourth-order valence-corrected chi connectivity index (χ4v) is 3.99. The second-order valence-corrected chi connectivity index (χ2v) is 7.54. The van der Waals surface area contributed by atoms with E-state index in [2.05, 4.69) is 20.4 Å². The smallest absolute Gasteiger partial charge is 0.267 e. The second-order valence-electron chi connectivity index (χ2n) is 7.54. The van der Waals surface area contributed by atoms with Gasteiger partial charge in [0.05, 0.1) is 11.7 Å². The molecule has 0 unspecified atom stereocenters. The molecule has 7 heteroatoms. The van der Waals surface area contributed by atoms with E-state index in [1.807, 2.05) is 25.1 Å². The lowest BCUT2D eigenvalue weighted by Gasteiger charge is -2.29. The lowest BCUT2D eigenvalue weighted by atomic mass is 9.91. The van der Waals surface area contributed by atoms with Gasteiger partial charge in [0.1, 0.15) is 5.82 Å². The second kappa shape index (κ2) is 7.05. The molecule has 1 N–H and O–H groups in total. The fraction of sp³-hybridized carbons (Fsp3) is 0.579. The average Bonchev–Trinajstić information content (AvgIpc) is 3.09. The van der Waals surface area contributed by atoms with Crippen LogP contribution in [0.2, 0.25) is 0 Å². The molecule has 1 saturated carbocycles. The van der Waals surface area contributed by atoms with E-state index >= 15 is 0 Å². The largest absolute Gasteiger partial charge is 0.363 e. The first kappa shape index (κ1) is 17.0. The number of anilines is 2. The monoisotopic (exact) mass is 354 g/mol. The van der Waals surface area contributed by atoms with Gasteiger partial charge in [-0.1, -0.05) is 0 Å². The Hall–Kier alpha value is -2.44. The van der Waals surface area contributed by atoms with Crippen molar-refractivity contribution in [2.24, 2.45) is 0 Å². The number of aromatic nitrogens is 4. The Morgan fingerprint density at radius 1 is 1.19 bits per heavy atom. The molecule has 0 saturated heterocycles. The van der Waals surface area contributed by atoms with Gasteiger partial charge < -0.3 is 10.2 Å². The van der Waals surface area contributed by atoms with E-state index in [0.717, 1.165) is 62.0 Å². The van der Waals surface area contributed by atoms with Crippen LogP contribution in [0.4, 0.5) is 11.8 Å². The summed E-state index contributed by atoms with van der Waals surface area (Å²) in [6, 6.07) is 4.25. The van der Waals surface area contributed by atoms with Crippen molar-refractivity contribution in [1.82, 2.24) is 19.7 Å². The van der Waals surface area contributed by atoms with Crippen LogP contribution in [0, 0.1) is 0 Å². The summed E-state index contributed by atoms with van der Waals surface area (Å²) in [5, 5.41) is 8.12. The zero-order valence-electron chi connectivity index (χ0n) is 15.5. The number of aryl methyl sites for hydroxylation is 2. The van der Waals surface area contributed by atoms with Crippen LogP contribution in [0.3, 0.4) is 0 Å². The molecule has 0 spiro atoms. The third-order valence-electron chi connectivity index (χ3n) is 5.46. The van der Waals surface area contributed by atoms with Crippen molar-refractivity contribution in [3.05, 3.63) is 39.9 Å². The van der Waals surface area contributed by atoms with Crippen LogP contribution in [0.15, 0.2) is 23.1 Å². The van der Waals surface area contributed by atoms with E-state index in [9.17, 15) is 4.79 Å². The summed E-state index contributed by atoms with van der Waals surface area (Å²) in [4.78, 5) is 23.2. The van der Waals surface area contributed by atoms with E-state index in [1.54, 1.807) is 16.9 Å². The predicted molar refractivity (Wildman–Crippen MR) is 102 cm³/mol. The minimum absolute atomic E-state index is 0.0593. The van der Waals surface area contributed by atoms with Crippen LogP contribution in [0.5, 0.6) is 0 Å². The molecule has 26 heavy (non-hydrogen) atoms. The van der Waals surface area contributed by atoms with E-state index in [4.69, 9.17) is 0 Å². The molecule has 2 aromatic heterocycles. The van der Waals surface area contributed by atoms with Gasteiger partial charge in [-0.3, -0.25) is 4.79 Å². The first-order chi connectivity index (χ1) is 12.6. The quantitative estimate of drug-likeness (QED) is 0.907. The van der Waals surface area contributed by atoms with Crippen molar-refractivity contribution in [2.75, 3.05) is 24.3 Å². The fourth-order valence-electron chi connectivity index (χ4n) is 3.99. The molecular weight excluding hydrogens is 328 g/mol. The van der Waals surface area contributed by atoms with Crippen LogP contribution < -0.4 is 15.8 Å². The van der Waals surface area contributed by atoms with Gasteiger partial charge in [-0.25, -0.2) is 9.67 Å². The molecular formula is C19H26N6O. The molecule has 1 fully saturated rings. The summed E-state index contributed by atoms with van der Waals surface area (Å²) < 4.78 is 1.74. The zero-order chi connectivity index (χ0) is 18.1. The lowest BCUT2D eigenvalue weighted by molar-refractivity contribution is 0.301. The molecule has 7 nitrogen and oxygen atoms in total. The van der Waals surface area contributed by atoms with Crippen LogP contribution in [0.25, 0.3) is 0 Å². The highest BCUT2D eigenvalue weighted by molar-refractivity contribution is 5.41. The molecule has 0 atom stereocenters. The Morgan fingerprint density at radius 3 is 2.77 bits per heavy atom. The molecule has 0 aromatic carbocycles. The molecule has 0 bridgehead atoms. The SMILES string of the molecule is CN(C)c1ccnc(NC2CCC(n3nc4c(cc3=O)CCC4)CC2)n1. The van der Waals surface area contributed by atoms with Gasteiger partial charge in [-0.15, -0.1) is 0 Å². The Kier molecular flexibility index (Phi) is 4.61. The maximum Gasteiger partial charge on any atom is 0.267 e. The molecule has 138 valence electrons. The Bertz CT molecular complexity index is 838. The van der Waals surface area contributed by atoms with Crippen LogP contribution >= 0.6 is 0 Å². The number of rotatable bonds is 4. The summed E-state index contributed by atoms with van der Waals surface area (Å²) >= 11 is 0.